The van der Waals surface area contributed by atoms with E-state index in [1.807, 2.05) is 0 Å². The summed E-state index contributed by atoms with van der Waals surface area (Å²) in [6.45, 7) is 3.20. The average molecular weight is 574 g/mol. The minimum atomic E-state index is -1.39. The average Bonchev–Trinajstić information content (AvgIpc) is 3.58. The molecular formula is C24H31N9O8. The van der Waals surface area contributed by atoms with Gasteiger partial charge < -0.3 is 26.2 Å². The number of carboxylic acids is 2. The van der Waals surface area contributed by atoms with Gasteiger partial charge in [0, 0.05) is 25.5 Å². The van der Waals surface area contributed by atoms with E-state index in [1.54, 1.807) is 26.0 Å². The number of rotatable bonds is 14. The van der Waals surface area contributed by atoms with Crippen LogP contribution in [0, 0.1) is 5.92 Å². The number of aromatic amines is 1. The van der Waals surface area contributed by atoms with E-state index in [1.165, 1.54) is 6.20 Å². The number of nitrogens with zero attached hydrogens (tertiary/aromatic N) is 5. The smallest absolute Gasteiger partial charge is 0.303 e. The lowest BCUT2D eigenvalue weighted by Crippen LogP contribution is -2.58. The fraction of sp³-hybridized carbons (Fsp3) is 0.500. The molecule has 4 amide bonds. The van der Waals surface area contributed by atoms with Crippen molar-refractivity contribution in [2.24, 2.45) is 5.92 Å². The van der Waals surface area contributed by atoms with Gasteiger partial charge >= 0.3 is 11.9 Å². The zero-order valence-electron chi connectivity index (χ0n) is 22.4. The number of hydrogen-bond acceptors (Lipinski definition) is 10. The Bertz CT molecular complexity index is 1280. The van der Waals surface area contributed by atoms with E-state index in [0.717, 1.165) is 4.90 Å². The summed E-state index contributed by atoms with van der Waals surface area (Å²) in [4.78, 5) is 80.1. The van der Waals surface area contributed by atoms with E-state index in [4.69, 9.17) is 5.11 Å². The molecule has 0 saturated carbocycles. The van der Waals surface area contributed by atoms with E-state index in [9.17, 15) is 33.9 Å². The van der Waals surface area contributed by atoms with Crippen LogP contribution >= 0.6 is 0 Å². The molecule has 3 rings (SSSR count). The van der Waals surface area contributed by atoms with Crippen LogP contribution in [-0.2, 0) is 41.7 Å². The number of aromatic nitrogens is 5. The topological polar surface area (TPSA) is 250 Å². The Morgan fingerprint density at radius 3 is 2.44 bits per heavy atom. The molecule has 0 spiro atoms. The highest BCUT2D eigenvalue weighted by atomic mass is 16.4. The second kappa shape index (κ2) is 13.9. The summed E-state index contributed by atoms with van der Waals surface area (Å²) in [7, 11) is 0. The fourth-order valence-electron chi connectivity index (χ4n) is 4.22. The Labute approximate surface area is 233 Å². The molecule has 3 atom stereocenters. The van der Waals surface area contributed by atoms with E-state index in [0.29, 0.717) is 5.56 Å². The van der Waals surface area contributed by atoms with Gasteiger partial charge in [-0.2, -0.15) is 5.21 Å². The maximum absolute atomic E-state index is 13.9. The highest BCUT2D eigenvalue weighted by Crippen LogP contribution is 2.31. The second-order valence-corrected chi connectivity index (χ2v) is 9.64. The van der Waals surface area contributed by atoms with Crippen molar-refractivity contribution in [2.45, 2.75) is 70.6 Å². The molecule has 3 unspecified atom stereocenters. The van der Waals surface area contributed by atoms with Gasteiger partial charge in [-0.25, -0.2) is 4.98 Å². The molecular weight excluding hydrogens is 542 g/mol. The summed E-state index contributed by atoms with van der Waals surface area (Å²) in [5.41, 5.74) is 0.592. The molecule has 6 N–H and O–H groups in total. The summed E-state index contributed by atoms with van der Waals surface area (Å²) in [6, 6.07) is -0.266. The molecule has 0 aliphatic carbocycles. The predicted octanol–water partition coefficient (Wildman–Crippen LogP) is -1.48. The number of H-pyrrole nitrogens is 1. The SMILES string of the molecule is CC(C)C(NC(=O)CCC(=O)O)C(=O)NC(CCC(=O)O)C(=O)N1c2ncccc2CC1C(=O)NCc1nn[nH]n1. The van der Waals surface area contributed by atoms with Gasteiger partial charge in [-0.15, -0.1) is 10.2 Å². The Morgan fingerprint density at radius 2 is 1.80 bits per heavy atom. The van der Waals surface area contributed by atoms with Crippen LogP contribution in [0.1, 0.15) is 50.9 Å². The van der Waals surface area contributed by atoms with E-state index in [-0.39, 0.29) is 37.4 Å². The molecule has 0 fully saturated rings. The van der Waals surface area contributed by atoms with Crippen molar-refractivity contribution in [3.05, 3.63) is 29.7 Å². The lowest BCUT2D eigenvalue weighted by Gasteiger charge is -2.30. The molecule has 220 valence electrons. The number of nitrogens with one attached hydrogen (secondary N) is 4. The Kier molecular flexibility index (Phi) is 10.4. The molecule has 17 nitrogen and oxygen atoms in total. The zero-order valence-corrected chi connectivity index (χ0v) is 22.4. The second-order valence-electron chi connectivity index (χ2n) is 9.64. The number of carboxylic acid groups (broad SMARTS) is 2. The minimum absolute atomic E-state index is 0.0749. The first-order valence-corrected chi connectivity index (χ1v) is 12.8. The van der Waals surface area contributed by atoms with Crippen LogP contribution in [0.25, 0.3) is 0 Å². The van der Waals surface area contributed by atoms with Crippen molar-refractivity contribution in [2.75, 3.05) is 4.90 Å². The van der Waals surface area contributed by atoms with Gasteiger partial charge in [0.25, 0.3) is 5.91 Å². The van der Waals surface area contributed by atoms with Gasteiger partial charge in [-0.1, -0.05) is 25.1 Å². The van der Waals surface area contributed by atoms with Crippen molar-refractivity contribution in [1.82, 2.24) is 41.6 Å². The lowest BCUT2D eigenvalue weighted by atomic mass is 10.0. The molecule has 2 aromatic rings. The summed E-state index contributed by atoms with van der Waals surface area (Å²) in [6.07, 6.45) is -0.0371. The molecule has 0 saturated heterocycles. The molecule has 1 aliphatic heterocycles. The van der Waals surface area contributed by atoms with Gasteiger partial charge in [0.15, 0.2) is 5.82 Å². The number of amides is 4. The monoisotopic (exact) mass is 573 g/mol. The first-order chi connectivity index (χ1) is 19.5. The number of aliphatic carboxylic acids is 2. The first-order valence-electron chi connectivity index (χ1n) is 12.8. The highest BCUT2D eigenvalue weighted by Gasteiger charge is 2.42. The van der Waals surface area contributed by atoms with Gasteiger partial charge in [-0.3, -0.25) is 33.7 Å². The molecule has 1 aliphatic rings. The zero-order chi connectivity index (χ0) is 30.1. The fourth-order valence-corrected chi connectivity index (χ4v) is 4.22. The number of pyridine rings is 1. The molecule has 2 aromatic heterocycles. The maximum atomic E-state index is 13.9. The van der Waals surface area contributed by atoms with Crippen molar-refractivity contribution < 1.29 is 39.0 Å². The van der Waals surface area contributed by atoms with Gasteiger partial charge in [0.1, 0.15) is 23.9 Å². The summed E-state index contributed by atoms with van der Waals surface area (Å²) in [5.74, 6) is -5.23. The standard InChI is InChI=1S/C24H31N9O8/c1-12(2)20(28-17(34)6-8-19(37)38)23(40)27-14(5-7-18(35)36)24(41)33-15(10-13-4-3-9-25-21(13)33)22(39)26-11-16-29-31-32-30-16/h3-4,9,12,14-15,20H,5-8,10-11H2,1-2H3,(H,26,39)(H,27,40)(H,28,34)(H,35,36)(H,37,38)(H,29,30,31,32). The summed E-state index contributed by atoms with van der Waals surface area (Å²) >= 11 is 0. The van der Waals surface area contributed by atoms with Crippen LogP contribution < -0.4 is 20.9 Å². The number of hydrogen-bond donors (Lipinski definition) is 6. The predicted molar refractivity (Wildman–Crippen MR) is 138 cm³/mol. The van der Waals surface area contributed by atoms with Crippen molar-refractivity contribution in [3.63, 3.8) is 0 Å². The van der Waals surface area contributed by atoms with Gasteiger partial charge in [0.2, 0.25) is 17.7 Å². The van der Waals surface area contributed by atoms with E-state index >= 15 is 0 Å². The third-order valence-corrected chi connectivity index (χ3v) is 6.26. The maximum Gasteiger partial charge on any atom is 0.303 e. The minimum Gasteiger partial charge on any atom is -0.481 e. The largest absolute Gasteiger partial charge is 0.481 e. The number of anilines is 1. The molecule has 3 heterocycles. The third-order valence-electron chi connectivity index (χ3n) is 6.26. The Morgan fingerprint density at radius 1 is 1.07 bits per heavy atom. The molecule has 17 heteroatoms. The van der Waals surface area contributed by atoms with Crippen LogP contribution in [0.3, 0.4) is 0 Å². The van der Waals surface area contributed by atoms with Crippen molar-refractivity contribution in [3.8, 4) is 0 Å². The lowest BCUT2D eigenvalue weighted by molar-refractivity contribution is -0.140. The summed E-state index contributed by atoms with van der Waals surface area (Å²) in [5, 5.41) is 39.0. The van der Waals surface area contributed by atoms with E-state index < -0.39 is 72.5 Å². The van der Waals surface area contributed by atoms with E-state index in [2.05, 4.69) is 41.6 Å². The quantitative estimate of drug-likeness (QED) is 0.151. The number of tetrazole rings is 1. The van der Waals surface area contributed by atoms with Crippen LogP contribution in [0.4, 0.5) is 5.82 Å². The molecule has 0 bridgehead atoms. The number of carbonyl (C=O) groups is 6. The Hall–Kier alpha value is -4.96. The number of fused-ring (bicyclic) bond motifs is 1. The first kappa shape index (κ1) is 30.6. The van der Waals surface area contributed by atoms with Crippen LogP contribution in [0.15, 0.2) is 18.3 Å². The van der Waals surface area contributed by atoms with Crippen molar-refractivity contribution in [1.29, 1.82) is 0 Å². The highest BCUT2D eigenvalue weighted by molar-refractivity contribution is 6.06. The van der Waals surface area contributed by atoms with Crippen LogP contribution in [-0.4, -0.2) is 89.5 Å². The number of carbonyl (C=O) groups excluding carboxylic acids is 4. The van der Waals surface area contributed by atoms with Gasteiger partial charge in [-0.05, 0) is 24.0 Å². The summed E-state index contributed by atoms with van der Waals surface area (Å²) < 4.78 is 0. The van der Waals surface area contributed by atoms with Crippen LogP contribution in [0.5, 0.6) is 0 Å². The van der Waals surface area contributed by atoms with Gasteiger partial charge in [0.05, 0.1) is 13.0 Å². The van der Waals surface area contributed by atoms with Crippen LogP contribution in [0.2, 0.25) is 0 Å². The third kappa shape index (κ3) is 8.26. The molecule has 0 aromatic carbocycles. The Balaban J connectivity index is 1.83. The molecule has 41 heavy (non-hydrogen) atoms. The van der Waals surface area contributed by atoms with Crippen molar-refractivity contribution >= 4 is 41.4 Å². The molecule has 0 radical (unpaired) electrons. The normalized spacial score (nSPS) is 15.5.